The maximum atomic E-state index is 13.7. The summed E-state index contributed by atoms with van der Waals surface area (Å²) in [6, 6.07) is 27.3. The van der Waals surface area contributed by atoms with E-state index in [1.54, 1.807) is 24.3 Å². The zero-order valence-electron chi connectivity index (χ0n) is 19.7. The van der Waals surface area contributed by atoms with Gasteiger partial charge in [0.05, 0.1) is 27.6 Å². The van der Waals surface area contributed by atoms with Crippen LogP contribution in [0.2, 0.25) is 5.02 Å². The van der Waals surface area contributed by atoms with Crippen LogP contribution in [0.1, 0.15) is 31.8 Å². The van der Waals surface area contributed by atoms with Crippen molar-refractivity contribution < 1.29 is 18.0 Å². The van der Waals surface area contributed by atoms with E-state index in [0.717, 1.165) is 11.1 Å². The molecule has 1 heterocycles. The van der Waals surface area contributed by atoms with Gasteiger partial charge in [0.25, 0.3) is 11.8 Å². The molecule has 0 fully saturated rings. The highest BCUT2D eigenvalue weighted by Crippen LogP contribution is 2.38. The number of hydrogen-bond acceptors (Lipinski definition) is 4. The van der Waals surface area contributed by atoms with Crippen LogP contribution in [-0.4, -0.2) is 26.8 Å². The summed E-state index contributed by atoms with van der Waals surface area (Å²) in [7, 11) is -4.00. The average Bonchev–Trinajstić information content (AvgIpc) is 2.98. The standard InChI is InChI=1S/C29H23ClN2O4S/c30-23-13-10-20(11-14-23)16-17-31-28(33)22-12-15-27-25(18-22)32(19-21-6-2-1-3-7-21)29(34)24-8-4-5-9-26(24)37(27,35)36/h1-15,18H,16-17,19H2,(H,31,33). The van der Waals surface area contributed by atoms with E-state index in [-0.39, 0.29) is 39.1 Å². The molecule has 37 heavy (non-hydrogen) atoms. The number of hydrogen-bond donors (Lipinski definition) is 1. The van der Waals surface area contributed by atoms with E-state index in [1.807, 2.05) is 42.5 Å². The van der Waals surface area contributed by atoms with E-state index in [0.29, 0.717) is 18.0 Å². The Hall–Kier alpha value is -3.94. The highest BCUT2D eigenvalue weighted by Gasteiger charge is 2.36. The second kappa shape index (κ2) is 10.2. The number of fused-ring (bicyclic) bond motifs is 2. The number of sulfone groups is 1. The van der Waals surface area contributed by atoms with Crippen molar-refractivity contribution >= 4 is 38.9 Å². The summed E-state index contributed by atoms with van der Waals surface area (Å²) in [5, 5.41) is 3.52. The summed E-state index contributed by atoms with van der Waals surface area (Å²) in [5.41, 5.74) is 2.40. The maximum Gasteiger partial charge on any atom is 0.259 e. The summed E-state index contributed by atoms with van der Waals surface area (Å²) < 4.78 is 27.2. The van der Waals surface area contributed by atoms with Crippen LogP contribution in [0.25, 0.3) is 0 Å². The zero-order chi connectivity index (χ0) is 26.0. The Labute approximate surface area is 220 Å². The van der Waals surface area contributed by atoms with Gasteiger partial charge in [-0.1, -0.05) is 66.2 Å². The van der Waals surface area contributed by atoms with Crippen molar-refractivity contribution in [3.8, 4) is 0 Å². The van der Waals surface area contributed by atoms with Crippen LogP contribution < -0.4 is 10.2 Å². The highest BCUT2D eigenvalue weighted by molar-refractivity contribution is 7.91. The third-order valence-electron chi connectivity index (χ3n) is 6.25. The van der Waals surface area contributed by atoms with E-state index in [9.17, 15) is 18.0 Å². The first-order chi connectivity index (χ1) is 17.8. The molecule has 0 aliphatic carbocycles. The summed E-state index contributed by atoms with van der Waals surface area (Å²) in [5.74, 6) is -0.801. The Bertz CT molecular complexity index is 1590. The third kappa shape index (κ3) is 5.01. The van der Waals surface area contributed by atoms with Crippen LogP contribution in [0.4, 0.5) is 5.69 Å². The molecule has 2 amide bonds. The first kappa shape index (κ1) is 24.7. The predicted octanol–water partition coefficient (Wildman–Crippen LogP) is 5.31. The molecule has 0 unspecified atom stereocenters. The normalized spacial score (nSPS) is 13.9. The lowest BCUT2D eigenvalue weighted by Crippen LogP contribution is -2.31. The molecule has 0 bridgehead atoms. The van der Waals surface area contributed by atoms with E-state index >= 15 is 0 Å². The molecule has 5 rings (SSSR count). The van der Waals surface area contributed by atoms with E-state index < -0.39 is 15.7 Å². The highest BCUT2D eigenvalue weighted by atomic mass is 35.5. The molecule has 0 spiro atoms. The maximum absolute atomic E-state index is 13.7. The van der Waals surface area contributed by atoms with Gasteiger partial charge in [0.15, 0.2) is 0 Å². The van der Waals surface area contributed by atoms with Crippen molar-refractivity contribution in [3.63, 3.8) is 0 Å². The quantitative estimate of drug-likeness (QED) is 0.366. The minimum atomic E-state index is -4.00. The van der Waals surface area contributed by atoms with Crippen LogP contribution in [0.5, 0.6) is 0 Å². The molecule has 0 atom stereocenters. The number of rotatable bonds is 6. The average molecular weight is 531 g/mol. The van der Waals surface area contributed by atoms with Crippen molar-refractivity contribution in [2.45, 2.75) is 22.8 Å². The molecular formula is C29H23ClN2O4S. The van der Waals surface area contributed by atoms with Crippen LogP contribution in [0, 0.1) is 0 Å². The minimum Gasteiger partial charge on any atom is -0.352 e. The first-order valence-electron chi connectivity index (χ1n) is 11.7. The Kier molecular flexibility index (Phi) is 6.82. The third-order valence-corrected chi connectivity index (χ3v) is 8.36. The lowest BCUT2D eigenvalue weighted by atomic mass is 10.1. The Morgan fingerprint density at radius 2 is 1.51 bits per heavy atom. The molecule has 8 heteroatoms. The van der Waals surface area contributed by atoms with Gasteiger partial charge in [-0.2, -0.15) is 0 Å². The van der Waals surface area contributed by atoms with Gasteiger partial charge < -0.3 is 10.2 Å². The Balaban J connectivity index is 1.50. The second-order valence-electron chi connectivity index (χ2n) is 8.69. The molecule has 0 aromatic heterocycles. The van der Waals surface area contributed by atoms with Crippen molar-refractivity contribution in [1.29, 1.82) is 0 Å². The number of carbonyl (C=O) groups excluding carboxylic acids is 2. The molecule has 0 saturated carbocycles. The summed E-state index contributed by atoms with van der Waals surface area (Å²) in [4.78, 5) is 28.0. The van der Waals surface area contributed by atoms with Gasteiger partial charge in [-0.05, 0) is 60.0 Å². The number of amides is 2. The number of anilines is 1. The lowest BCUT2D eigenvalue weighted by Gasteiger charge is -2.23. The van der Waals surface area contributed by atoms with E-state index in [1.165, 1.54) is 35.2 Å². The molecular weight excluding hydrogens is 508 g/mol. The smallest absolute Gasteiger partial charge is 0.259 e. The van der Waals surface area contributed by atoms with Crippen molar-refractivity contribution in [1.82, 2.24) is 5.32 Å². The number of nitrogens with zero attached hydrogens (tertiary/aromatic N) is 1. The van der Waals surface area contributed by atoms with Gasteiger partial charge in [0.2, 0.25) is 9.84 Å². The topological polar surface area (TPSA) is 83.6 Å². The Morgan fingerprint density at radius 1 is 0.811 bits per heavy atom. The minimum absolute atomic E-state index is 0.0144. The number of halogens is 1. The van der Waals surface area contributed by atoms with Gasteiger partial charge in [0, 0.05) is 17.1 Å². The van der Waals surface area contributed by atoms with Crippen LogP contribution in [0.15, 0.2) is 107 Å². The van der Waals surface area contributed by atoms with Crippen molar-refractivity contribution in [3.05, 3.63) is 124 Å². The molecule has 0 radical (unpaired) electrons. The fourth-order valence-electron chi connectivity index (χ4n) is 4.34. The monoisotopic (exact) mass is 530 g/mol. The van der Waals surface area contributed by atoms with Crippen LogP contribution >= 0.6 is 11.6 Å². The molecule has 1 aliphatic heterocycles. The predicted molar refractivity (Wildman–Crippen MR) is 143 cm³/mol. The van der Waals surface area contributed by atoms with Gasteiger partial charge in [-0.15, -0.1) is 0 Å². The second-order valence-corrected chi connectivity index (χ2v) is 11.0. The fraction of sp³-hybridized carbons (Fsp3) is 0.103. The number of carbonyl (C=O) groups is 2. The summed E-state index contributed by atoms with van der Waals surface area (Å²) >= 11 is 5.93. The lowest BCUT2D eigenvalue weighted by molar-refractivity contribution is 0.0950. The molecule has 1 aliphatic rings. The first-order valence-corrected chi connectivity index (χ1v) is 13.6. The largest absolute Gasteiger partial charge is 0.352 e. The molecule has 6 nitrogen and oxygen atoms in total. The number of nitrogens with one attached hydrogen (secondary N) is 1. The number of benzene rings is 4. The zero-order valence-corrected chi connectivity index (χ0v) is 21.3. The van der Waals surface area contributed by atoms with Gasteiger partial charge in [-0.25, -0.2) is 8.42 Å². The van der Waals surface area contributed by atoms with Crippen LogP contribution in [0.3, 0.4) is 0 Å². The molecule has 1 N–H and O–H groups in total. The van der Waals surface area contributed by atoms with E-state index in [2.05, 4.69) is 5.32 Å². The molecule has 4 aromatic rings. The fourth-order valence-corrected chi connectivity index (χ4v) is 6.10. The van der Waals surface area contributed by atoms with Gasteiger partial charge in [0.1, 0.15) is 0 Å². The molecule has 0 saturated heterocycles. The van der Waals surface area contributed by atoms with Crippen molar-refractivity contribution in [2.75, 3.05) is 11.4 Å². The van der Waals surface area contributed by atoms with Gasteiger partial charge in [-0.3, -0.25) is 9.59 Å². The van der Waals surface area contributed by atoms with Crippen LogP contribution in [-0.2, 0) is 22.8 Å². The molecule has 186 valence electrons. The summed E-state index contributed by atoms with van der Waals surface area (Å²) in [6.45, 7) is 0.534. The van der Waals surface area contributed by atoms with E-state index in [4.69, 9.17) is 11.6 Å². The molecule has 4 aromatic carbocycles. The SMILES string of the molecule is O=C(NCCc1ccc(Cl)cc1)c1ccc2c(c1)N(Cc1ccccc1)C(=O)c1ccccc1S2(=O)=O. The van der Waals surface area contributed by atoms with Crippen molar-refractivity contribution in [2.24, 2.45) is 0 Å². The summed E-state index contributed by atoms with van der Waals surface area (Å²) in [6.07, 6.45) is 0.607. The Morgan fingerprint density at radius 3 is 2.27 bits per heavy atom. The van der Waals surface area contributed by atoms with Gasteiger partial charge >= 0.3 is 0 Å².